The zero-order chi connectivity index (χ0) is 7.28. The Labute approximate surface area is 54.2 Å². The van der Waals surface area contributed by atoms with Crippen LogP contribution in [-0.4, -0.2) is 17.6 Å². The number of hydrogen-bond acceptors (Lipinski definition) is 2. The minimum Gasteiger partial charge on any atom is -0.481 e. The number of carboxylic acid groups (broad SMARTS) is 1. The van der Waals surface area contributed by atoms with Crippen LogP contribution in [0.3, 0.4) is 0 Å². The first-order chi connectivity index (χ1) is 4.22. The molecule has 0 amide bonds. The molecule has 3 heteroatoms. The molecule has 0 spiro atoms. The quantitative estimate of drug-likeness (QED) is 0.534. The van der Waals surface area contributed by atoms with Crippen molar-refractivity contribution < 1.29 is 9.90 Å². The topological polar surface area (TPSA) is 63.3 Å². The Morgan fingerprint density at radius 3 is 2.56 bits per heavy atom. The largest absolute Gasteiger partial charge is 0.481 e. The Morgan fingerprint density at radius 1 is 1.89 bits per heavy atom. The van der Waals surface area contributed by atoms with Crippen LogP contribution < -0.4 is 5.73 Å². The Balaban J connectivity index is 3.67. The molecular weight excluding hydrogens is 118 g/mol. The predicted molar refractivity (Wildman–Crippen MR) is 35.0 cm³/mol. The van der Waals surface area contributed by atoms with E-state index in [0.717, 1.165) is 0 Å². The third-order valence-corrected chi connectivity index (χ3v) is 1.08. The van der Waals surface area contributed by atoms with E-state index >= 15 is 0 Å². The van der Waals surface area contributed by atoms with Crippen molar-refractivity contribution in [3.63, 3.8) is 0 Å². The van der Waals surface area contributed by atoms with Gasteiger partial charge in [-0.25, -0.2) is 0 Å². The summed E-state index contributed by atoms with van der Waals surface area (Å²) in [5.41, 5.74) is 5.13. The van der Waals surface area contributed by atoms with Crippen LogP contribution in [0.25, 0.3) is 0 Å². The van der Waals surface area contributed by atoms with Crippen LogP contribution >= 0.6 is 0 Å². The predicted octanol–water partition coefficient (Wildman–Crippen LogP) is 0.222. The van der Waals surface area contributed by atoms with E-state index in [2.05, 4.69) is 6.58 Å². The summed E-state index contributed by atoms with van der Waals surface area (Å²) in [5, 5.41) is 8.38. The third-order valence-electron chi connectivity index (χ3n) is 1.08. The van der Waals surface area contributed by atoms with E-state index in [4.69, 9.17) is 10.8 Å². The molecule has 9 heavy (non-hydrogen) atoms. The fraction of sp³-hybridized carbons (Fsp3) is 0.500. The summed E-state index contributed by atoms with van der Waals surface area (Å²) in [4.78, 5) is 10.2. The summed E-state index contributed by atoms with van der Waals surface area (Å²) in [6.07, 6.45) is 2.01. The second kappa shape index (κ2) is 4.09. The molecule has 52 valence electrons. The first-order valence-electron chi connectivity index (χ1n) is 2.76. The van der Waals surface area contributed by atoms with E-state index < -0.39 is 11.9 Å². The zero-order valence-corrected chi connectivity index (χ0v) is 5.21. The van der Waals surface area contributed by atoms with Gasteiger partial charge in [0.05, 0.1) is 5.92 Å². The van der Waals surface area contributed by atoms with Crippen LogP contribution in [0.1, 0.15) is 6.42 Å². The molecular formula is C6H11NO2. The second-order valence-corrected chi connectivity index (χ2v) is 1.80. The van der Waals surface area contributed by atoms with E-state index in [9.17, 15) is 4.79 Å². The molecule has 0 rings (SSSR count). The van der Waals surface area contributed by atoms with Gasteiger partial charge in [0, 0.05) is 6.54 Å². The molecule has 0 aliphatic heterocycles. The van der Waals surface area contributed by atoms with Gasteiger partial charge in [0.2, 0.25) is 0 Å². The molecule has 0 aromatic heterocycles. The van der Waals surface area contributed by atoms with Crippen LogP contribution in [0.2, 0.25) is 0 Å². The van der Waals surface area contributed by atoms with Crippen LogP contribution in [0.15, 0.2) is 12.7 Å². The van der Waals surface area contributed by atoms with Crippen molar-refractivity contribution >= 4 is 5.97 Å². The Kier molecular flexibility index (Phi) is 3.71. The lowest BCUT2D eigenvalue weighted by Crippen LogP contribution is -2.22. The molecule has 0 bridgehead atoms. The van der Waals surface area contributed by atoms with Crippen LogP contribution in [0.4, 0.5) is 0 Å². The standard InChI is InChI=1S/C6H11NO2/c1-2-3-5(4-7)6(8)9/h2,5H,1,3-4,7H2,(H,8,9)/t5-/m1/s1. The number of carbonyl (C=O) groups is 1. The SMILES string of the molecule is C=CC[C@H](CN)C(=O)O. The summed E-state index contributed by atoms with van der Waals surface area (Å²) >= 11 is 0. The molecule has 0 aliphatic rings. The molecule has 0 radical (unpaired) electrons. The zero-order valence-electron chi connectivity index (χ0n) is 5.21. The van der Waals surface area contributed by atoms with E-state index in [-0.39, 0.29) is 6.54 Å². The van der Waals surface area contributed by atoms with Crippen molar-refractivity contribution in [1.82, 2.24) is 0 Å². The number of hydrogen-bond donors (Lipinski definition) is 2. The van der Waals surface area contributed by atoms with E-state index in [1.54, 1.807) is 6.08 Å². The van der Waals surface area contributed by atoms with Crippen molar-refractivity contribution in [3.8, 4) is 0 Å². The van der Waals surface area contributed by atoms with Crippen molar-refractivity contribution in [2.75, 3.05) is 6.54 Å². The monoisotopic (exact) mass is 129 g/mol. The van der Waals surface area contributed by atoms with Crippen molar-refractivity contribution in [2.24, 2.45) is 11.7 Å². The molecule has 0 aliphatic carbocycles. The second-order valence-electron chi connectivity index (χ2n) is 1.80. The maximum absolute atomic E-state index is 10.2. The molecule has 3 N–H and O–H groups in total. The third kappa shape index (κ3) is 2.87. The van der Waals surface area contributed by atoms with Gasteiger partial charge in [-0.1, -0.05) is 6.08 Å². The summed E-state index contributed by atoms with van der Waals surface area (Å²) in [5.74, 6) is -1.31. The number of carboxylic acids is 1. The van der Waals surface area contributed by atoms with Gasteiger partial charge in [0.15, 0.2) is 0 Å². The van der Waals surface area contributed by atoms with E-state index in [0.29, 0.717) is 6.42 Å². The molecule has 3 nitrogen and oxygen atoms in total. The number of nitrogens with two attached hydrogens (primary N) is 1. The first-order valence-corrected chi connectivity index (χ1v) is 2.76. The lowest BCUT2D eigenvalue weighted by atomic mass is 10.1. The summed E-state index contributed by atoms with van der Waals surface area (Å²) in [6.45, 7) is 3.59. The molecule has 0 unspecified atom stereocenters. The van der Waals surface area contributed by atoms with E-state index in [1.807, 2.05) is 0 Å². The van der Waals surface area contributed by atoms with Crippen molar-refractivity contribution in [3.05, 3.63) is 12.7 Å². The molecule has 0 aromatic carbocycles. The van der Waals surface area contributed by atoms with Gasteiger partial charge in [-0.05, 0) is 6.42 Å². The summed E-state index contributed by atoms with van der Waals surface area (Å²) in [7, 11) is 0. The summed E-state index contributed by atoms with van der Waals surface area (Å²) in [6, 6.07) is 0. The molecule has 0 saturated heterocycles. The average molecular weight is 129 g/mol. The minimum absolute atomic E-state index is 0.182. The highest BCUT2D eigenvalue weighted by Gasteiger charge is 2.11. The molecule has 1 atom stereocenters. The van der Waals surface area contributed by atoms with Crippen LogP contribution in [-0.2, 0) is 4.79 Å². The van der Waals surface area contributed by atoms with Crippen LogP contribution in [0, 0.1) is 5.92 Å². The Hall–Kier alpha value is -0.830. The van der Waals surface area contributed by atoms with Gasteiger partial charge in [0.25, 0.3) is 0 Å². The van der Waals surface area contributed by atoms with Crippen molar-refractivity contribution in [1.29, 1.82) is 0 Å². The highest BCUT2D eigenvalue weighted by Crippen LogP contribution is 1.99. The fourth-order valence-corrected chi connectivity index (χ4v) is 0.499. The number of allylic oxidation sites excluding steroid dienone is 1. The number of aliphatic carboxylic acids is 1. The minimum atomic E-state index is -0.850. The maximum Gasteiger partial charge on any atom is 0.308 e. The molecule has 0 aromatic rings. The van der Waals surface area contributed by atoms with Crippen LogP contribution in [0.5, 0.6) is 0 Å². The number of rotatable bonds is 4. The normalized spacial score (nSPS) is 12.6. The van der Waals surface area contributed by atoms with E-state index in [1.165, 1.54) is 0 Å². The molecule has 0 saturated carbocycles. The Morgan fingerprint density at radius 2 is 2.44 bits per heavy atom. The van der Waals surface area contributed by atoms with Gasteiger partial charge >= 0.3 is 5.97 Å². The lowest BCUT2D eigenvalue weighted by molar-refractivity contribution is -0.141. The smallest absolute Gasteiger partial charge is 0.308 e. The van der Waals surface area contributed by atoms with Gasteiger partial charge in [0.1, 0.15) is 0 Å². The van der Waals surface area contributed by atoms with Gasteiger partial charge in [-0.2, -0.15) is 0 Å². The van der Waals surface area contributed by atoms with Gasteiger partial charge < -0.3 is 10.8 Å². The fourth-order valence-electron chi connectivity index (χ4n) is 0.499. The Bertz CT molecular complexity index is 112. The lowest BCUT2D eigenvalue weighted by Gasteiger charge is -2.03. The van der Waals surface area contributed by atoms with Gasteiger partial charge in [-0.15, -0.1) is 6.58 Å². The average Bonchev–Trinajstić information content (AvgIpc) is 1.82. The van der Waals surface area contributed by atoms with Crippen molar-refractivity contribution in [2.45, 2.75) is 6.42 Å². The highest BCUT2D eigenvalue weighted by atomic mass is 16.4. The maximum atomic E-state index is 10.2. The molecule has 0 fully saturated rings. The highest BCUT2D eigenvalue weighted by molar-refractivity contribution is 5.70. The summed E-state index contributed by atoms with van der Waals surface area (Å²) < 4.78 is 0. The van der Waals surface area contributed by atoms with Gasteiger partial charge in [-0.3, -0.25) is 4.79 Å². The molecule has 0 heterocycles. The first kappa shape index (κ1) is 8.17.